The molecule has 1 unspecified atom stereocenters. The van der Waals surface area contributed by atoms with Crippen LogP contribution in [-0.4, -0.2) is 55.4 Å². The lowest BCUT2D eigenvalue weighted by atomic mass is 10.2. The van der Waals surface area contributed by atoms with Crippen molar-refractivity contribution in [1.82, 2.24) is 9.21 Å². The van der Waals surface area contributed by atoms with Crippen molar-refractivity contribution < 1.29 is 22.7 Å². The van der Waals surface area contributed by atoms with Crippen molar-refractivity contribution in [1.29, 1.82) is 0 Å². The first-order chi connectivity index (χ1) is 10.4. The van der Waals surface area contributed by atoms with Crippen molar-refractivity contribution in [2.24, 2.45) is 0 Å². The Kier molecular flexibility index (Phi) is 3.65. The maximum atomic E-state index is 12.6. The first-order valence-corrected chi connectivity index (χ1v) is 8.39. The number of benzene rings is 1. The van der Waals surface area contributed by atoms with Gasteiger partial charge in [0.05, 0.1) is 10.9 Å². The van der Waals surface area contributed by atoms with Gasteiger partial charge in [0.2, 0.25) is 10.0 Å². The number of hydrogen-bond acceptors (Lipinski definition) is 5. The monoisotopic (exact) mass is 324 g/mol. The molecule has 2 aliphatic rings. The highest BCUT2D eigenvalue weighted by Crippen LogP contribution is 2.25. The molecule has 0 aliphatic carbocycles. The number of hydrogen-bond donors (Lipinski definition) is 0. The molecule has 7 nitrogen and oxygen atoms in total. The topological polar surface area (TPSA) is 84.0 Å². The molecule has 3 rings (SSSR count). The highest BCUT2D eigenvalue weighted by Gasteiger charge is 2.43. The summed E-state index contributed by atoms with van der Waals surface area (Å²) in [5.41, 5.74) is 0.976. The summed E-state index contributed by atoms with van der Waals surface area (Å²) < 4.78 is 31.1. The van der Waals surface area contributed by atoms with Crippen LogP contribution in [0.3, 0.4) is 0 Å². The van der Waals surface area contributed by atoms with E-state index >= 15 is 0 Å². The SMILES string of the molecule is Cc1ccc(S(=O)(=O)N2CCC(N3C(=O)COC3=O)C2)cc1. The number of rotatable bonds is 3. The predicted molar refractivity (Wildman–Crippen MR) is 76.5 cm³/mol. The van der Waals surface area contributed by atoms with Crippen LogP contribution >= 0.6 is 0 Å². The molecule has 0 aromatic heterocycles. The number of nitrogens with zero attached hydrogens (tertiary/aromatic N) is 2. The van der Waals surface area contributed by atoms with Crippen LogP contribution in [0.2, 0.25) is 0 Å². The zero-order valence-corrected chi connectivity index (χ0v) is 12.9. The Labute approximate surface area is 128 Å². The van der Waals surface area contributed by atoms with Crippen LogP contribution in [0.4, 0.5) is 4.79 Å². The Morgan fingerprint density at radius 3 is 2.45 bits per heavy atom. The number of imide groups is 1. The minimum Gasteiger partial charge on any atom is -0.439 e. The molecule has 1 aromatic rings. The Hall–Kier alpha value is -1.93. The third-order valence-corrected chi connectivity index (χ3v) is 5.81. The lowest BCUT2D eigenvalue weighted by Crippen LogP contribution is -2.42. The van der Waals surface area contributed by atoms with E-state index in [1.165, 1.54) is 4.31 Å². The van der Waals surface area contributed by atoms with Crippen LogP contribution in [0.1, 0.15) is 12.0 Å². The van der Waals surface area contributed by atoms with Crippen molar-refractivity contribution in [3.63, 3.8) is 0 Å². The van der Waals surface area contributed by atoms with Crippen molar-refractivity contribution in [3.05, 3.63) is 29.8 Å². The molecule has 2 fully saturated rings. The summed E-state index contributed by atoms with van der Waals surface area (Å²) in [5.74, 6) is -0.412. The van der Waals surface area contributed by atoms with Crippen LogP contribution in [0.25, 0.3) is 0 Å². The molecule has 0 spiro atoms. The molecule has 8 heteroatoms. The van der Waals surface area contributed by atoms with Gasteiger partial charge in [-0.15, -0.1) is 0 Å². The zero-order valence-electron chi connectivity index (χ0n) is 12.1. The maximum absolute atomic E-state index is 12.6. The third-order valence-electron chi connectivity index (χ3n) is 3.93. The standard InChI is InChI=1S/C14H16N2O5S/c1-10-2-4-12(5-3-10)22(19,20)15-7-6-11(8-15)16-13(17)9-21-14(16)18/h2-5,11H,6-9H2,1H3. The number of carbonyl (C=O) groups is 2. The second-order valence-corrected chi connectivity index (χ2v) is 7.37. The fraction of sp³-hybridized carbons (Fsp3) is 0.429. The molecule has 2 saturated heterocycles. The van der Waals surface area contributed by atoms with Crippen LogP contribution in [0.15, 0.2) is 29.2 Å². The average Bonchev–Trinajstić information content (AvgIpc) is 3.07. The Morgan fingerprint density at radius 2 is 1.86 bits per heavy atom. The smallest absolute Gasteiger partial charge is 0.417 e. The number of ether oxygens (including phenoxy) is 1. The molecular formula is C14H16N2O5S. The van der Waals surface area contributed by atoms with Crippen molar-refractivity contribution >= 4 is 22.0 Å². The minimum atomic E-state index is -3.61. The summed E-state index contributed by atoms with van der Waals surface area (Å²) in [5, 5.41) is 0. The van der Waals surface area contributed by atoms with Gasteiger partial charge in [-0.1, -0.05) is 17.7 Å². The van der Waals surface area contributed by atoms with Gasteiger partial charge in [-0.05, 0) is 25.5 Å². The van der Waals surface area contributed by atoms with E-state index in [2.05, 4.69) is 4.74 Å². The molecule has 0 radical (unpaired) electrons. The van der Waals surface area contributed by atoms with Crippen LogP contribution < -0.4 is 0 Å². The van der Waals surface area contributed by atoms with Gasteiger partial charge in [0.15, 0.2) is 6.61 Å². The molecule has 2 heterocycles. The second kappa shape index (κ2) is 5.36. The molecule has 2 amide bonds. The number of cyclic esters (lactones) is 1. The van der Waals surface area contributed by atoms with Crippen molar-refractivity contribution in [3.8, 4) is 0 Å². The van der Waals surface area contributed by atoms with E-state index in [1.807, 2.05) is 6.92 Å². The molecular weight excluding hydrogens is 308 g/mol. The van der Waals surface area contributed by atoms with Gasteiger partial charge in [-0.3, -0.25) is 4.79 Å². The quantitative estimate of drug-likeness (QED) is 0.819. The molecule has 2 aliphatic heterocycles. The van der Waals surface area contributed by atoms with Crippen LogP contribution in [0.5, 0.6) is 0 Å². The van der Waals surface area contributed by atoms with Gasteiger partial charge in [0.1, 0.15) is 0 Å². The Bertz CT molecular complexity index is 697. The lowest BCUT2D eigenvalue weighted by molar-refractivity contribution is -0.127. The molecule has 22 heavy (non-hydrogen) atoms. The fourth-order valence-corrected chi connectivity index (χ4v) is 4.21. The van der Waals surface area contributed by atoms with E-state index in [-0.39, 0.29) is 24.6 Å². The lowest BCUT2D eigenvalue weighted by Gasteiger charge is -2.20. The highest BCUT2D eigenvalue weighted by molar-refractivity contribution is 7.89. The van der Waals surface area contributed by atoms with Gasteiger partial charge >= 0.3 is 6.09 Å². The van der Waals surface area contributed by atoms with E-state index in [0.717, 1.165) is 10.5 Å². The highest BCUT2D eigenvalue weighted by atomic mass is 32.2. The van der Waals surface area contributed by atoms with E-state index in [1.54, 1.807) is 24.3 Å². The van der Waals surface area contributed by atoms with E-state index in [9.17, 15) is 18.0 Å². The second-order valence-electron chi connectivity index (χ2n) is 5.44. The molecule has 0 saturated carbocycles. The molecule has 0 N–H and O–H groups in total. The molecule has 118 valence electrons. The van der Waals surface area contributed by atoms with E-state index in [0.29, 0.717) is 6.42 Å². The first kappa shape index (κ1) is 15.0. The Morgan fingerprint density at radius 1 is 1.18 bits per heavy atom. The summed E-state index contributed by atoms with van der Waals surface area (Å²) in [6, 6.07) is 6.15. The zero-order chi connectivity index (χ0) is 15.9. The average molecular weight is 324 g/mol. The largest absolute Gasteiger partial charge is 0.439 e. The van der Waals surface area contributed by atoms with Crippen LogP contribution in [0, 0.1) is 6.92 Å². The summed E-state index contributed by atoms with van der Waals surface area (Å²) in [6.45, 7) is 2.00. The van der Waals surface area contributed by atoms with Gasteiger partial charge in [0, 0.05) is 13.1 Å². The summed E-state index contributed by atoms with van der Waals surface area (Å²) in [6.07, 6.45) is -0.268. The number of amides is 2. The van der Waals surface area contributed by atoms with E-state index < -0.39 is 28.1 Å². The van der Waals surface area contributed by atoms with Gasteiger partial charge in [0.25, 0.3) is 5.91 Å². The maximum Gasteiger partial charge on any atom is 0.417 e. The van der Waals surface area contributed by atoms with Crippen molar-refractivity contribution in [2.75, 3.05) is 19.7 Å². The number of aryl methyl sites for hydroxylation is 1. The fourth-order valence-electron chi connectivity index (χ4n) is 2.72. The first-order valence-electron chi connectivity index (χ1n) is 6.95. The van der Waals surface area contributed by atoms with Gasteiger partial charge in [-0.25, -0.2) is 18.1 Å². The summed E-state index contributed by atoms with van der Waals surface area (Å²) in [4.78, 5) is 24.4. The number of sulfonamides is 1. The number of carbonyl (C=O) groups excluding carboxylic acids is 2. The predicted octanol–water partition coefficient (Wildman–Crippen LogP) is 0.737. The molecule has 1 atom stereocenters. The van der Waals surface area contributed by atoms with E-state index in [4.69, 9.17) is 0 Å². The summed E-state index contributed by atoms with van der Waals surface area (Å²) in [7, 11) is -3.61. The molecule has 1 aromatic carbocycles. The van der Waals surface area contributed by atoms with Gasteiger partial charge in [-0.2, -0.15) is 4.31 Å². The minimum absolute atomic E-state index is 0.108. The summed E-state index contributed by atoms with van der Waals surface area (Å²) >= 11 is 0. The van der Waals surface area contributed by atoms with Crippen LogP contribution in [-0.2, 0) is 19.6 Å². The van der Waals surface area contributed by atoms with Crippen molar-refractivity contribution in [2.45, 2.75) is 24.3 Å². The normalized spacial score (nSPS) is 23.1. The Balaban J connectivity index is 1.78. The third kappa shape index (κ3) is 2.48. The molecule has 0 bridgehead atoms. The van der Waals surface area contributed by atoms with Gasteiger partial charge < -0.3 is 4.74 Å².